The van der Waals surface area contributed by atoms with Gasteiger partial charge in [-0.15, -0.1) is 0 Å². The van der Waals surface area contributed by atoms with Gasteiger partial charge in [0.05, 0.1) is 12.1 Å². The summed E-state index contributed by atoms with van der Waals surface area (Å²) in [6, 6.07) is 2.04. The van der Waals surface area contributed by atoms with Crippen LogP contribution in [0.2, 0.25) is 0 Å². The molecule has 35 heavy (non-hydrogen) atoms. The SMILES string of the molecule is Cc1nc2ncc(-c3c[nH]c4nc(N[C@H]5C[C@@](C)(N6CCCC6=O)C5)ncc34)cc2n1CC(F)F. The molecule has 5 heterocycles. The summed E-state index contributed by atoms with van der Waals surface area (Å²) in [4.78, 5) is 35.2. The van der Waals surface area contributed by atoms with Crippen LogP contribution >= 0.6 is 0 Å². The Morgan fingerprint density at radius 3 is 2.83 bits per heavy atom. The molecule has 0 bridgehead atoms. The quantitative estimate of drug-likeness (QED) is 0.434. The van der Waals surface area contributed by atoms with Gasteiger partial charge in [-0.05, 0) is 39.2 Å². The van der Waals surface area contributed by atoms with E-state index in [1.54, 1.807) is 19.3 Å². The number of carbonyl (C=O) groups is 1. The number of nitrogens with one attached hydrogen (secondary N) is 2. The topological polar surface area (TPSA) is 105 Å². The third-order valence-electron chi connectivity index (χ3n) is 7.29. The minimum atomic E-state index is -2.48. The molecule has 1 aliphatic carbocycles. The largest absolute Gasteiger partial charge is 0.351 e. The second-order valence-electron chi connectivity index (χ2n) is 9.78. The lowest BCUT2D eigenvalue weighted by Gasteiger charge is -2.51. The molecular weight excluding hydrogens is 454 g/mol. The van der Waals surface area contributed by atoms with Gasteiger partial charge in [-0.3, -0.25) is 4.79 Å². The number of aromatic amines is 1. The number of fused-ring (bicyclic) bond motifs is 2. The average molecular weight is 481 g/mol. The maximum Gasteiger partial charge on any atom is 0.256 e. The standard InChI is InChI=1S/C24H26F2N8O/c1-13-30-22-18(33(13)12-19(25)26)6-14(9-27-22)16-10-28-21-17(16)11-29-23(32-21)31-15-7-24(2,8-15)34-5-3-4-20(34)35/h6,9-11,15,19H,3-5,7-8,12H2,1-2H3,(H2,28,29,31,32)/t15-,24+. The fourth-order valence-electron chi connectivity index (χ4n) is 5.58. The number of H-pyrrole nitrogens is 1. The van der Waals surface area contributed by atoms with E-state index in [-0.39, 0.29) is 17.5 Å². The van der Waals surface area contributed by atoms with E-state index in [9.17, 15) is 13.6 Å². The van der Waals surface area contributed by atoms with E-state index >= 15 is 0 Å². The second kappa shape index (κ2) is 7.96. The van der Waals surface area contributed by atoms with Gasteiger partial charge in [0.15, 0.2) is 5.65 Å². The van der Waals surface area contributed by atoms with E-state index in [1.807, 2.05) is 17.2 Å². The van der Waals surface area contributed by atoms with Crippen LogP contribution in [0.3, 0.4) is 0 Å². The fourth-order valence-corrected chi connectivity index (χ4v) is 5.58. The van der Waals surface area contributed by atoms with Gasteiger partial charge in [-0.1, -0.05) is 0 Å². The first-order valence-electron chi connectivity index (χ1n) is 11.8. The highest BCUT2D eigenvalue weighted by Crippen LogP contribution is 2.41. The Morgan fingerprint density at radius 1 is 1.26 bits per heavy atom. The number of nitrogens with zero attached hydrogens (tertiary/aromatic N) is 6. The summed E-state index contributed by atoms with van der Waals surface area (Å²) < 4.78 is 27.6. The zero-order valence-electron chi connectivity index (χ0n) is 19.6. The Labute approximate surface area is 200 Å². The van der Waals surface area contributed by atoms with Crippen LogP contribution in [0.1, 0.15) is 38.4 Å². The number of aromatic nitrogens is 6. The lowest BCUT2D eigenvalue weighted by atomic mass is 9.73. The van der Waals surface area contributed by atoms with E-state index in [4.69, 9.17) is 0 Å². The van der Waals surface area contributed by atoms with Crippen LogP contribution in [0.25, 0.3) is 33.3 Å². The summed E-state index contributed by atoms with van der Waals surface area (Å²) in [6.45, 7) is 4.27. The lowest BCUT2D eigenvalue weighted by Crippen LogP contribution is -2.59. The Kier molecular flexibility index (Phi) is 4.97. The number of alkyl halides is 2. The predicted molar refractivity (Wildman–Crippen MR) is 127 cm³/mol. The summed E-state index contributed by atoms with van der Waals surface area (Å²) in [5, 5.41) is 4.20. The molecule has 11 heteroatoms. The molecule has 0 atom stereocenters. The zero-order valence-corrected chi connectivity index (χ0v) is 19.6. The lowest BCUT2D eigenvalue weighted by molar-refractivity contribution is -0.136. The molecule has 1 aliphatic heterocycles. The third-order valence-corrected chi connectivity index (χ3v) is 7.29. The molecule has 0 radical (unpaired) electrons. The van der Waals surface area contributed by atoms with E-state index < -0.39 is 13.0 Å². The van der Waals surface area contributed by atoms with Crippen molar-refractivity contribution >= 4 is 34.1 Å². The highest BCUT2D eigenvalue weighted by atomic mass is 19.3. The molecule has 0 spiro atoms. The van der Waals surface area contributed by atoms with Gasteiger partial charge >= 0.3 is 0 Å². The van der Waals surface area contributed by atoms with Gasteiger partial charge < -0.3 is 19.8 Å². The molecule has 6 rings (SSSR count). The van der Waals surface area contributed by atoms with E-state index in [0.717, 1.165) is 42.3 Å². The number of amides is 1. The average Bonchev–Trinajstić information content (AvgIpc) is 3.49. The minimum Gasteiger partial charge on any atom is -0.351 e. The molecule has 2 N–H and O–H groups in total. The Balaban J connectivity index is 1.22. The van der Waals surface area contributed by atoms with Gasteiger partial charge in [0.1, 0.15) is 11.5 Å². The van der Waals surface area contributed by atoms with E-state index in [2.05, 4.69) is 37.2 Å². The first kappa shape index (κ1) is 21.9. The zero-order chi connectivity index (χ0) is 24.3. The van der Waals surface area contributed by atoms with Crippen LogP contribution in [-0.4, -0.2) is 64.8 Å². The number of aryl methyl sites for hydroxylation is 1. The van der Waals surface area contributed by atoms with Gasteiger partial charge in [0.2, 0.25) is 11.9 Å². The number of hydrogen-bond donors (Lipinski definition) is 2. The van der Waals surface area contributed by atoms with Crippen molar-refractivity contribution < 1.29 is 13.6 Å². The highest BCUT2D eigenvalue weighted by molar-refractivity contribution is 5.95. The fraction of sp³-hybridized carbons (Fsp3) is 0.458. The summed E-state index contributed by atoms with van der Waals surface area (Å²) in [5.74, 6) is 1.29. The molecular formula is C24H26F2N8O. The van der Waals surface area contributed by atoms with Crippen molar-refractivity contribution in [1.82, 2.24) is 34.4 Å². The first-order valence-corrected chi connectivity index (χ1v) is 11.8. The summed E-state index contributed by atoms with van der Waals surface area (Å²) in [7, 11) is 0. The van der Waals surface area contributed by atoms with Gasteiger partial charge in [0.25, 0.3) is 6.43 Å². The number of anilines is 1. The normalized spacial score (nSPS) is 22.5. The number of pyridine rings is 1. The van der Waals surface area contributed by atoms with Crippen LogP contribution in [0.5, 0.6) is 0 Å². The number of rotatable bonds is 6. The molecule has 1 amide bonds. The third kappa shape index (κ3) is 3.69. The summed E-state index contributed by atoms with van der Waals surface area (Å²) >= 11 is 0. The minimum absolute atomic E-state index is 0.0875. The van der Waals surface area contributed by atoms with Gasteiger partial charge in [-0.25, -0.2) is 23.7 Å². The van der Waals surface area contributed by atoms with Crippen molar-refractivity contribution in [2.45, 2.75) is 64.1 Å². The van der Waals surface area contributed by atoms with Gasteiger partial charge in [0, 0.05) is 59.7 Å². The number of imidazole rings is 1. The number of likely N-dealkylation sites (tertiary alicyclic amines) is 1. The number of carbonyl (C=O) groups excluding carboxylic acids is 1. The Morgan fingerprint density at radius 2 is 2.09 bits per heavy atom. The van der Waals surface area contributed by atoms with E-state index in [0.29, 0.717) is 35.0 Å². The Bertz CT molecular complexity index is 1440. The van der Waals surface area contributed by atoms with Crippen LogP contribution in [-0.2, 0) is 11.3 Å². The highest BCUT2D eigenvalue weighted by Gasteiger charge is 2.48. The van der Waals surface area contributed by atoms with Crippen molar-refractivity contribution in [3.63, 3.8) is 0 Å². The monoisotopic (exact) mass is 480 g/mol. The molecule has 1 saturated carbocycles. The van der Waals surface area contributed by atoms with Crippen LogP contribution in [0.4, 0.5) is 14.7 Å². The van der Waals surface area contributed by atoms with Crippen molar-refractivity contribution in [3.8, 4) is 11.1 Å². The molecule has 182 valence electrons. The predicted octanol–water partition coefficient (Wildman–Crippen LogP) is 3.90. The molecule has 1 saturated heterocycles. The first-order chi connectivity index (χ1) is 16.8. The summed E-state index contributed by atoms with van der Waals surface area (Å²) in [6.07, 6.45) is 6.12. The smallest absolute Gasteiger partial charge is 0.256 e. The molecule has 0 aromatic carbocycles. The van der Waals surface area contributed by atoms with Crippen molar-refractivity contribution in [1.29, 1.82) is 0 Å². The molecule has 2 aliphatic rings. The second-order valence-corrected chi connectivity index (χ2v) is 9.78. The van der Waals surface area contributed by atoms with Gasteiger partial charge in [-0.2, -0.15) is 4.98 Å². The van der Waals surface area contributed by atoms with Crippen molar-refractivity contribution in [2.24, 2.45) is 0 Å². The molecule has 0 unspecified atom stereocenters. The maximum atomic E-state index is 13.1. The number of hydrogen-bond acceptors (Lipinski definition) is 6. The molecule has 4 aromatic rings. The van der Waals surface area contributed by atoms with Crippen LogP contribution in [0.15, 0.2) is 24.7 Å². The van der Waals surface area contributed by atoms with Crippen molar-refractivity contribution in [2.75, 3.05) is 11.9 Å². The molecule has 2 fully saturated rings. The van der Waals surface area contributed by atoms with E-state index in [1.165, 1.54) is 4.57 Å². The Hall–Kier alpha value is -3.63. The molecule has 9 nitrogen and oxygen atoms in total. The van der Waals surface area contributed by atoms with Crippen LogP contribution in [0, 0.1) is 6.92 Å². The number of halogens is 2. The van der Waals surface area contributed by atoms with Crippen LogP contribution < -0.4 is 5.32 Å². The van der Waals surface area contributed by atoms with Crippen molar-refractivity contribution in [3.05, 3.63) is 30.5 Å². The molecule has 4 aromatic heterocycles. The maximum absolute atomic E-state index is 13.1. The summed E-state index contributed by atoms with van der Waals surface area (Å²) in [5.41, 5.74) is 3.21.